The van der Waals surface area contributed by atoms with Gasteiger partial charge in [0, 0.05) is 18.8 Å². The highest BCUT2D eigenvalue weighted by Gasteiger charge is 2.51. The monoisotopic (exact) mass is 474 g/mol. The van der Waals surface area contributed by atoms with Crippen LogP contribution in [0.4, 0.5) is 13.2 Å². The van der Waals surface area contributed by atoms with Crippen molar-refractivity contribution >= 4 is 17.5 Å². The fraction of sp³-hybridized carbons (Fsp3) is 0.364. The number of nitrogens with one attached hydrogen (secondary N) is 1. The average molecular weight is 475 g/mol. The first-order valence-electron chi connectivity index (χ1n) is 10.3. The molecule has 2 aromatic heterocycles. The predicted octanol–water partition coefficient (Wildman–Crippen LogP) is 4.61. The van der Waals surface area contributed by atoms with Crippen LogP contribution in [0.2, 0.25) is 5.02 Å². The van der Waals surface area contributed by atoms with Gasteiger partial charge in [-0.1, -0.05) is 17.7 Å². The van der Waals surface area contributed by atoms with Crippen molar-refractivity contribution in [2.75, 3.05) is 0 Å². The molecule has 1 aromatic carbocycles. The van der Waals surface area contributed by atoms with Gasteiger partial charge in [-0.05, 0) is 43.4 Å². The third-order valence-corrected chi connectivity index (χ3v) is 6.37. The molecule has 2 aliphatic rings. The van der Waals surface area contributed by atoms with Crippen LogP contribution in [-0.4, -0.2) is 31.0 Å². The number of aromatic nitrogens is 4. The molecule has 0 unspecified atom stereocenters. The van der Waals surface area contributed by atoms with Gasteiger partial charge in [-0.3, -0.25) is 9.48 Å². The van der Waals surface area contributed by atoms with E-state index in [-0.39, 0.29) is 34.9 Å². The van der Waals surface area contributed by atoms with Crippen molar-refractivity contribution in [1.82, 2.24) is 24.9 Å². The molecule has 2 fully saturated rings. The van der Waals surface area contributed by atoms with Crippen molar-refractivity contribution < 1.29 is 18.0 Å². The summed E-state index contributed by atoms with van der Waals surface area (Å²) in [5, 5.41) is 20.3. The lowest BCUT2D eigenvalue weighted by molar-refractivity contribution is 0.0941. The second-order valence-electron chi connectivity index (χ2n) is 8.49. The molecule has 7 nitrogen and oxygen atoms in total. The van der Waals surface area contributed by atoms with Gasteiger partial charge in [0.25, 0.3) is 12.3 Å². The van der Waals surface area contributed by atoms with Gasteiger partial charge < -0.3 is 5.32 Å². The topological polar surface area (TPSA) is 88.5 Å². The van der Waals surface area contributed by atoms with Crippen LogP contribution in [0.15, 0.2) is 30.6 Å². The van der Waals surface area contributed by atoms with E-state index in [1.807, 2.05) is 0 Å². The summed E-state index contributed by atoms with van der Waals surface area (Å²) in [5.74, 6) is -0.492. The van der Waals surface area contributed by atoms with Crippen LogP contribution in [0.5, 0.6) is 0 Å². The molecular formula is C22H18ClF3N6O. The Kier molecular flexibility index (Phi) is 4.79. The van der Waals surface area contributed by atoms with Crippen molar-refractivity contribution in [2.24, 2.45) is 7.05 Å². The largest absolute Gasteiger partial charge is 0.334 e. The Hall–Kier alpha value is -3.32. The van der Waals surface area contributed by atoms with E-state index in [1.165, 1.54) is 28.8 Å². The zero-order valence-corrected chi connectivity index (χ0v) is 18.2. The molecule has 0 atom stereocenters. The van der Waals surface area contributed by atoms with E-state index in [1.54, 1.807) is 18.2 Å². The predicted molar refractivity (Wildman–Crippen MR) is 113 cm³/mol. The Morgan fingerprint density at radius 2 is 2.00 bits per heavy atom. The highest BCUT2D eigenvalue weighted by atomic mass is 35.5. The quantitative estimate of drug-likeness (QED) is 0.565. The minimum absolute atomic E-state index is 0.0215. The number of nitriles is 1. The normalized spacial score (nSPS) is 17.6. The molecule has 0 bridgehead atoms. The molecule has 3 aromatic rings. The molecule has 0 saturated heterocycles. The van der Waals surface area contributed by atoms with E-state index in [4.69, 9.17) is 11.6 Å². The summed E-state index contributed by atoms with van der Waals surface area (Å²) in [5.41, 5.74) is -2.10. The Labute approximate surface area is 191 Å². The van der Waals surface area contributed by atoms with Crippen LogP contribution >= 0.6 is 11.6 Å². The molecule has 1 N–H and O–H groups in total. The van der Waals surface area contributed by atoms with Crippen molar-refractivity contribution in [3.63, 3.8) is 0 Å². The lowest BCUT2D eigenvalue weighted by atomic mass is 10.1. The number of nitrogens with zero attached hydrogens (tertiary/aromatic N) is 5. The molecule has 33 heavy (non-hydrogen) atoms. The van der Waals surface area contributed by atoms with E-state index in [0.717, 1.165) is 0 Å². The molecular weight excluding hydrogens is 457 g/mol. The number of benzene rings is 1. The van der Waals surface area contributed by atoms with Crippen LogP contribution in [0, 0.1) is 11.3 Å². The molecule has 0 radical (unpaired) electrons. The molecule has 11 heteroatoms. The first-order chi connectivity index (χ1) is 15.7. The molecule has 0 spiro atoms. The maximum atomic E-state index is 14.6. The smallest absolute Gasteiger partial charge is 0.269 e. The third-order valence-electron chi connectivity index (χ3n) is 6.04. The standard InChI is InChI=1S/C22H18ClF3N6O/c1-31-20(16(18(24)25)17(30-31)22(26)6-7-22)32-10-13(9-28-32)12-2-3-15(23)14(8-12)19(33)29-21(11-27)4-5-21/h2-3,8-10,18H,4-7H2,1H3,(H,29,33). The fourth-order valence-corrected chi connectivity index (χ4v) is 4.03. The number of amides is 1. The van der Waals surface area contributed by atoms with E-state index >= 15 is 0 Å². The molecule has 2 aliphatic carbocycles. The lowest BCUT2D eigenvalue weighted by Crippen LogP contribution is -2.35. The molecule has 0 aliphatic heterocycles. The third kappa shape index (κ3) is 3.66. The number of aryl methyl sites for hydroxylation is 1. The van der Waals surface area contributed by atoms with E-state index in [9.17, 15) is 23.2 Å². The first-order valence-corrected chi connectivity index (χ1v) is 10.7. The number of hydrogen-bond acceptors (Lipinski definition) is 4. The Bertz CT molecular complexity index is 1320. The van der Waals surface area contributed by atoms with Crippen molar-refractivity contribution in [3.8, 4) is 23.0 Å². The van der Waals surface area contributed by atoms with Gasteiger partial charge in [-0.2, -0.15) is 15.5 Å². The zero-order valence-electron chi connectivity index (χ0n) is 17.4. The average Bonchev–Trinajstić information content (AvgIpc) is 3.62. The number of hydrogen-bond donors (Lipinski definition) is 1. The number of alkyl halides is 3. The minimum atomic E-state index is -2.93. The molecule has 1 amide bonds. The van der Waals surface area contributed by atoms with Gasteiger partial charge in [0.05, 0.1) is 28.4 Å². The molecule has 2 saturated carbocycles. The fourth-order valence-electron chi connectivity index (χ4n) is 3.82. The molecule has 170 valence electrons. The van der Waals surface area contributed by atoms with Gasteiger partial charge in [0.1, 0.15) is 11.2 Å². The maximum absolute atomic E-state index is 14.6. The van der Waals surface area contributed by atoms with Gasteiger partial charge in [0.2, 0.25) is 0 Å². The Balaban J connectivity index is 1.50. The Morgan fingerprint density at radius 1 is 1.27 bits per heavy atom. The van der Waals surface area contributed by atoms with Gasteiger partial charge >= 0.3 is 0 Å². The van der Waals surface area contributed by atoms with Crippen LogP contribution in [0.3, 0.4) is 0 Å². The van der Waals surface area contributed by atoms with Gasteiger partial charge in [0.15, 0.2) is 11.5 Å². The number of carbonyl (C=O) groups is 1. The van der Waals surface area contributed by atoms with Crippen molar-refractivity contribution in [2.45, 2.75) is 43.3 Å². The zero-order chi connectivity index (χ0) is 23.5. The van der Waals surface area contributed by atoms with E-state index in [2.05, 4.69) is 21.6 Å². The summed E-state index contributed by atoms with van der Waals surface area (Å²) >= 11 is 6.20. The SMILES string of the molecule is Cn1nc(C2(F)CC2)c(C(F)F)c1-n1cc(-c2ccc(Cl)c(C(=O)NC3(C#N)CC3)c2)cn1. The number of rotatable bonds is 6. The molecule has 5 rings (SSSR count). The van der Waals surface area contributed by atoms with Crippen LogP contribution < -0.4 is 5.32 Å². The second-order valence-corrected chi connectivity index (χ2v) is 8.90. The van der Waals surface area contributed by atoms with Crippen molar-refractivity contribution in [3.05, 3.63) is 52.4 Å². The highest BCUT2D eigenvalue weighted by Crippen LogP contribution is 2.52. The summed E-state index contributed by atoms with van der Waals surface area (Å²) in [6.45, 7) is 0. The van der Waals surface area contributed by atoms with Crippen LogP contribution in [0.25, 0.3) is 16.9 Å². The summed E-state index contributed by atoms with van der Waals surface area (Å²) in [4.78, 5) is 12.7. The lowest BCUT2D eigenvalue weighted by Gasteiger charge is -2.11. The van der Waals surface area contributed by atoms with Gasteiger partial charge in [-0.15, -0.1) is 0 Å². The second kappa shape index (κ2) is 7.35. The van der Waals surface area contributed by atoms with Gasteiger partial charge in [-0.25, -0.2) is 17.9 Å². The highest BCUT2D eigenvalue weighted by molar-refractivity contribution is 6.34. The van der Waals surface area contributed by atoms with Crippen molar-refractivity contribution in [1.29, 1.82) is 5.26 Å². The van der Waals surface area contributed by atoms with E-state index < -0.39 is 29.1 Å². The minimum Gasteiger partial charge on any atom is -0.334 e. The summed E-state index contributed by atoms with van der Waals surface area (Å²) < 4.78 is 44.8. The van der Waals surface area contributed by atoms with E-state index in [0.29, 0.717) is 24.0 Å². The van der Waals surface area contributed by atoms with Crippen LogP contribution in [-0.2, 0) is 12.7 Å². The number of halogens is 4. The summed E-state index contributed by atoms with van der Waals surface area (Å²) in [6.07, 6.45) is 1.52. The summed E-state index contributed by atoms with van der Waals surface area (Å²) in [7, 11) is 1.46. The Morgan fingerprint density at radius 3 is 2.61 bits per heavy atom. The number of carbonyl (C=O) groups excluding carboxylic acids is 1. The summed E-state index contributed by atoms with van der Waals surface area (Å²) in [6, 6.07) is 6.86. The molecule has 2 heterocycles. The van der Waals surface area contributed by atoms with Crippen LogP contribution in [0.1, 0.15) is 53.7 Å². The maximum Gasteiger partial charge on any atom is 0.269 e. The first kappa shape index (κ1) is 21.5.